The molecule has 3 aromatic heterocycles. The van der Waals surface area contributed by atoms with Crippen LogP contribution in [0.1, 0.15) is 33.7 Å². The van der Waals surface area contributed by atoms with Gasteiger partial charge in [0.1, 0.15) is 11.2 Å². The van der Waals surface area contributed by atoms with E-state index in [0.29, 0.717) is 23.0 Å². The molecule has 0 fully saturated rings. The Labute approximate surface area is 181 Å². The summed E-state index contributed by atoms with van der Waals surface area (Å²) in [6.45, 7) is 0. The van der Waals surface area contributed by atoms with Crippen molar-refractivity contribution in [1.82, 2.24) is 15.0 Å². The first kappa shape index (κ1) is 19.1. The van der Waals surface area contributed by atoms with Crippen molar-refractivity contribution >= 4 is 45.7 Å². The SMILES string of the molecule is O=C(Nc1nc2c(C(=O)CC3=NC=CC3)cccc2[nH]1)c1cccc(-c2cccs2)n1. The second kappa shape index (κ2) is 8.08. The van der Waals surface area contributed by atoms with Crippen molar-refractivity contribution in [1.29, 1.82) is 0 Å². The number of aliphatic imine (C=N–C) groups is 1. The Kier molecular flexibility index (Phi) is 4.97. The number of aromatic nitrogens is 3. The summed E-state index contributed by atoms with van der Waals surface area (Å²) in [5, 5.41) is 4.71. The van der Waals surface area contributed by atoms with Gasteiger partial charge in [0.2, 0.25) is 5.95 Å². The molecule has 2 N–H and O–H groups in total. The first-order valence-corrected chi connectivity index (χ1v) is 10.6. The van der Waals surface area contributed by atoms with Crippen molar-refractivity contribution in [3.05, 3.63) is 77.4 Å². The van der Waals surface area contributed by atoms with Gasteiger partial charge >= 0.3 is 0 Å². The summed E-state index contributed by atoms with van der Waals surface area (Å²) in [4.78, 5) is 42.7. The number of imidazole rings is 1. The van der Waals surface area contributed by atoms with Crippen LogP contribution in [-0.4, -0.2) is 32.4 Å². The van der Waals surface area contributed by atoms with Crippen LogP contribution in [0.5, 0.6) is 0 Å². The van der Waals surface area contributed by atoms with Crippen molar-refractivity contribution < 1.29 is 9.59 Å². The van der Waals surface area contributed by atoms with Gasteiger partial charge in [-0.05, 0) is 35.7 Å². The lowest BCUT2D eigenvalue weighted by atomic mass is 10.0. The van der Waals surface area contributed by atoms with Gasteiger partial charge in [0.25, 0.3) is 5.91 Å². The maximum absolute atomic E-state index is 12.8. The first-order valence-electron chi connectivity index (χ1n) is 9.72. The summed E-state index contributed by atoms with van der Waals surface area (Å²) in [6, 6.07) is 14.6. The summed E-state index contributed by atoms with van der Waals surface area (Å²) < 4.78 is 0. The molecule has 4 heterocycles. The third-order valence-corrected chi connectivity index (χ3v) is 5.77. The smallest absolute Gasteiger partial charge is 0.276 e. The topological polar surface area (TPSA) is 100 Å². The third kappa shape index (κ3) is 3.93. The van der Waals surface area contributed by atoms with E-state index < -0.39 is 0 Å². The van der Waals surface area contributed by atoms with Crippen LogP contribution in [0.2, 0.25) is 0 Å². The highest BCUT2D eigenvalue weighted by atomic mass is 32.1. The zero-order valence-electron chi connectivity index (χ0n) is 16.3. The first-order chi connectivity index (χ1) is 15.2. The van der Waals surface area contributed by atoms with E-state index in [9.17, 15) is 9.59 Å². The number of anilines is 1. The number of nitrogens with zero attached hydrogens (tertiary/aromatic N) is 3. The van der Waals surface area contributed by atoms with Crippen molar-refractivity contribution in [2.24, 2.45) is 4.99 Å². The van der Waals surface area contributed by atoms with E-state index >= 15 is 0 Å². The molecule has 0 saturated carbocycles. The number of ketones is 1. The number of pyridine rings is 1. The second-order valence-corrected chi connectivity index (χ2v) is 7.96. The van der Waals surface area contributed by atoms with Gasteiger partial charge in [0.05, 0.1) is 16.1 Å². The highest BCUT2D eigenvalue weighted by Gasteiger charge is 2.18. The molecular formula is C23H17N5O2S. The zero-order valence-corrected chi connectivity index (χ0v) is 17.1. The predicted octanol–water partition coefficient (Wildman–Crippen LogP) is 4.87. The molecule has 0 radical (unpaired) electrons. The van der Waals surface area contributed by atoms with Gasteiger partial charge in [0.15, 0.2) is 5.78 Å². The lowest BCUT2D eigenvalue weighted by molar-refractivity contribution is 0.0998. The molecular weight excluding hydrogens is 410 g/mol. The van der Waals surface area contributed by atoms with E-state index in [-0.39, 0.29) is 29.8 Å². The lowest BCUT2D eigenvalue weighted by Crippen LogP contribution is -2.14. The number of carbonyl (C=O) groups is 2. The summed E-state index contributed by atoms with van der Waals surface area (Å²) >= 11 is 1.56. The summed E-state index contributed by atoms with van der Waals surface area (Å²) in [7, 11) is 0. The van der Waals surface area contributed by atoms with E-state index in [4.69, 9.17) is 0 Å². The van der Waals surface area contributed by atoms with E-state index in [0.717, 1.165) is 16.3 Å². The Morgan fingerprint density at radius 3 is 2.77 bits per heavy atom. The molecule has 0 bridgehead atoms. The summed E-state index contributed by atoms with van der Waals surface area (Å²) in [5.74, 6) is -0.164. The van der Waals surface area contributed by atoms with Crippen LogP contribution in [0.25, 0.3) is 21.6 Å². The van der Waals surface area contributed by atoms with E-state index in [1.807, 2.05) is 35.7 Å². The minimum Gasteiger partial charge on any atom is -0.324 e. The van der Waals surface area contributed by atoms with Crippen LogP contribution in [-0.2, 0) is 0 Å². The molecule has 0 unspecified atom stereocenters. The predicted molar refractivity (Wildman–Crippen MR) is 122 cm³/mol. The van der Waals surface area contributed by atoms with Gasteiger partial charge in [-0.2, -0.15) is 0 Å². The Morgan fingerprint density at radius 2 is 1.97 bits per heavy atom. The number of benzene rings is 1. The van der Waals surface area contributed by atoms with Gasteiger partial charge in [-0.25, -0.2) is 9.97 Å². The van der Waals surface area contributed by atoms with Crippen LogP contribution >= 0.6 is 11.3 Å². The number of amides is 1. The second-order valence-electron chi connectivity index (χ2n) is 7.01. The highest BCUT2D eigenvalue weighted by molar-refractivity contribution is 7.13. The molecule has 1 aliphatic heterocycles. The Morgan fingerprint density at radius 1 is 1.06 bits per heavy atom. The standard InChI is InChI=1S/C23H17N5O2S/c29-19(13-14-5-3-11-24-14)15-6-1-8-17-21(15)27-23(26-17)28-22(30)18-9-2-7-16(25-18)20-10-4-12-31-20/h1-4,6-12H,5,13H2,(H2,26,27,28,30). The van der Waals surface area contributed by atoms with E-state index in [1.165, 1.54) is 0 Å². The molecule has 1 aliphatic rings. The molecule has 31 heavy (non-hydrogen) atoms. The minimum absolute atomic E-state index is 0.0530. The molecule has 0 saturated heterocycles. The number of thiophene rings is 1. The van der Waals surface area contributed by atoms with Crippen LogP contribution in [0.4, 0.5) is 5.95 Å². The number of rotatable bonds is 6. The highest BCUT2D eigenvalue weighted by Crippen LogP contribution is 2.24. The molecule has 8 heteroatoms. The normalized spacial score (nSPS) is 12.8. The Bertz CT molecular complexity index is 1350. The number of nitrogens with one attached hydrogen (secondary N) is 2. The van der Waals surface area contributed by atoms with Gasteiger partial charge in [0, 0.05) is 30.3 Å². The molecule has 1 aromatic carbocycles. The van der Waals surface area contributed by atoms with Crippen LogP contribution in [0, 0.1) is 0 Å². The van der Waals surface area contributed by atoms with Gasteiger partial charge in [-0.1, -0.05) is 24.3 Å². The summed E-state index contributed by atoms with van der Waals surface area (Å²) in [6.07, 6.45) is 4.58. The quantitative estimate of drug-likeness (QED) is 0.429. The number of aromatic amines is 1. The zero-order chi connectivity index (χ0) is 21.2. The fourth-order valence-corrected chi connectivity index (χ4v) is 4.10. The van der Waals surface area contributed by atoms with Crippen molar-refractivity contribution in [3.63, 3.8) is 0 Å². The maximum atomic E-state index is 12.8. The van der Waals surface area contributed by atoms with Crippen LogP contribution < -0.4 is 5.32 Å². The van der Waals surface area contributed by atoms with Crippen LogP contribution in [0.3, 0.4) is 0 Å². The average Bonchev–Trinajstić information content (AvgIpc) is 3.55. The minimum atomic E-state index is -0.378. The number of para-hydroxylation sites is 1. The van der Waals surface area contributed by atoms with Crippen molar-refractivity contribution in [3.8, 4) is 10.6 Å². The summed E-state index contributed by atoms with van der Waals surface area (Å²) in [5.41, 5.74) is 3.56. The number of fused-ring (bicyclic) bond motifs is 1. The van der Waals surface area contributed by atoms with Crippen LogP contribution in [0.15, 0.2) is 71.2 Å². The molecule has 0 aliphatic carbocycles. The average molecular weight is 427 g/mol. The molecule has 1 amide bonds. The lowest BCUT2D eigenvalue weighted by Gasteiger charge is -2.03. The fourth-order valence-electron chi connectivity index (χ4n) is 3.41. The van der Waals surface area contributed by atoms with Crippen molar-refractivity contribution in [2.45, 2.75) is 12.8 Å². The number of H-pyrrole nitrogens is 1. The third-order valence-electron chi connectivity index (χ3n) is 4.88. The van der Waals surface area contributed by atoms with Gasteiger partial charge in [-0.3, -0.25) is 19.9 Å². The molecule has 0 spiro atoms. The molecule has 0 atom stereocenters. The monoisotopic (exact) mass is 427 g/mol. The molecule has 4 aromatic rings. The molecule has 7 nitrogen and oxygen atoms in total. The molecule has 152 valence electrons. The molecule has 5 rings (SSSR count). The number of carbonyl (C=O) groups excluding carboxylic acids is 2. The number of Topliss-reactive ketones (excluding diaryl/α,β-unsaturated/α-hetero) is 1. The van der Waals surface area contributed by atoms with E-state index in [2.05, 4.69) is 25.3 Å². The maximum Gasteiger partial charge on any atom is 0.276 e. The van der Waals surface area contributed by atoms with E-state index in [1.54, 1.807) is 41.8 Å². The fraction of sp³-hybridized carbons (Fsp3) is 0.0870. The van der Waals surface area contributed by atoms with Crippen molar-refractivity contribution in [2.75, 3.05) is 5.32 Å². The van der Waals surface area contributed by atoms with Gasteiger partial charge < -0.3 is 4.98 Å². The van der Waals surface area contributed by atoms with Gasteiger partial charge in [-0.15, -0.1) is 11.3 Å². The number of hydrogen-bond donors (Lipinski definition) is 2. The number of hydrogen-bond acceptors (Lipinski definition) is 6. The Balaban J connectivity index is 1.38. The largest absolute Gasteiger partial charge is 0.324 e. The Hall–Kier alpha value is -3.91. The number of allylic oxidation sites excluding steroid dienone is 1.